The van der Waals surface area contributed by atoms with E-state index in [2.05, 4.69) is 13.8 Å². The van der Waals surface area contributed by atoms with Crippen LogP contribution in [0.1, 0.15) is 181 Å². The third kappa shape index (κ3) is 52.8. The summed E-state index contributed by atoms with van der Waals surface area (Å²) in [6, 6.07) is 0. The van der Waals surface area contributed by atoms with E-state index in [1.54, 1.807) is 0 Å². The fraction of sp³-hybridized carbons (Fsp3) is 0.958. The maximum Gasteiger partial charge on any atom is 0.305 e. The molecule has 0 aromatic heterocycles. The second kappa shape index (κ2) is 53.8. The SMILES string of the molecule is CCCCCCCCCCCCCCCCCC(=O)OCCOCCOCCOCCOCCOCCOCCOCCOCCOC(=O)CCCCCCCCCCC. The van der Waals surface area contributed by atoms with E-state index in [1.807, 2.05) is 0 Å². The van der Waals surface area contributed by atoms with E-state index in [4.69, 9.17) is 47.4 Å². The Hall–Kier alpha value is -1.38. The Labute approximate surface area is 367 Å². The van der Waals surface area contributed by atoms with E-state index in [9.17, 15) is 9.59 Å². The van der Waals surface area contributed by atoms with E-state index >= 15 is 0 Å². The number of carbonyl (C=O) groups excluding carboxylic acids is 2. The molecule has 358 valence electrons. The summed E-state index contributed by atoms with van der Waals surface area (Å²) in [4.78, 5) is 23.7. The molecule has 0 amide bonds. The fourth-order valence-electron chi connectivity index (χ4n) is 6.44. The minimum Gasteiger partial charge on any atom is -0.463 e. The lowest BCUT2D eigenvalue weighted by Gasteiger charge is -2.09. The smallest absolute Gasteiger partial charge is 0.305 e. The van der Waals surface area contributed by atoms with Crippen LogP contribution in [0.15, 0.2) is 0 Å². The largest absolute Gasteiger partial charge is 0.463 e. The molecule has 0 saturated heterocycles. The first-order chi connectivity index (χ1) is 29.7. The second-order valence-corrected chi connectivity index (χ2v) is 15.6. The monoisotopic (exact) mass is 863 g/mol. The number of hydrogen-bond acceptors (Lipinski definition) is 12. The molecule has 0 bridgehead atoms. The summed E-state index contributed by atoms with van der Waals surface area (Å²) in [5, 5.41) is 0. The second-order valence-electron chi connectivity index (χ2n) is 15.6. The molecule has 0 aliphatic carbocycles. The Kier molecular flexibility index (Phi) is 52.5. The van der Waals surface area contributed by atoms with Crippen molar-refractivity contribution in [3.63, 3.8) is 0 Å². The van der Waals surface area contributed by atoms with Crippen LogP contribution >= 0.6 is 0 Å². The molecule has 60 heavy (non-hydrogen) atoms. The van der Waals surface area contributed by atoms with Crippen LogP contribution in [0.3, 0.4) is 0 Å². The van der Waals surface area contributed by atoms with Crippen molar-refractivity contribution in [1.82, 2.24) is 0 Å². The van der Waals surface area contributed by atoms with Crippen molar-refractivity contribution >= 4 is 11.9 Å². The van der Waals surface area contributed by atoms with Crippen molar-refractivity contribution in [3.8, 4) is 0 Å². The van der Waals surface area contributed by atoms with Gasteiger partial charge in [0.2, 0.25) is 0 Å². The molecule has 0 fully saturated rings. The zero-order chi connectivity index (χ0) is 43.3. The van der Waals surface area contributed by atoms with Crippen molar-refractivity contribution in [2.75, 3.05) is 119 Å². The van der Waals surface area contributed by atoms with Crippen molar-refractivity contribution in [2.24, 2.45) is 0 Å². The number of esters is 2. The van der Waals surface area contributed by atoms with Crippen LogP contribution in [0.5, 0.6) is 0 Å². The average Bonchev–Trinajstić information content (AvgIpc) is 3.25. The lowest BCUT2D eigenvalue weighted by Crippen LogP contribution is -2.15. The molecule has 12 heteroatoms. The molecule has 12 nitrogen and oxygen atoms in total. The topological polar surface area (TPSA) is 126 Å². The van der Waals surface area contributed by atoms with Gasteiger partial charge in [0.15, 0.2) is 0 Å². The summed E-state index contributed by atoms with van der Waals surface area (Å²) in [5.74, 6) is -0.268. The predicted octanol–water partition coefficient (Wildman–Crippen LogP) is 10.4. The van der Waals surface area contributed by atoms with Gasteiger partial charge in [0.05, 0.1) is 106 Å². The molecule has 0 rings (SSSR count). The van der Waals surface area contributed by atoms with Crippen molar-refractivity contribution in [1.29, 1.82) is 0 Å². The van der Waals surface area contributed by atoms with Crippen LogP contribution in [0, 0.1) is 0 Å². The van der Waals surface area contributed by atoms with Gasteiger partial charge in [-0.05, 0) is 12.8 Å². The molecule has 0 unspecified atom stereocenters. The van der Waals surface area contributed by atoms with Gasteiger partial charge in [-0.1, -0.05) is 155 Å². The van der Waals surface area contributed by atoms with Crippen molar-refractivity contribution in [3.05, 3.63) is 0 Å². The maximum atomic E-state index is 11.9. The molecule has 0 radical (unpaired) electrons. The first-order valence-corrected chi connectivity index (χ1v) is 24.6. The van der Waals surface area contributed by atoms with Gasteiger partial charge in [-0.2, -0.15) is 0 Å². The van der Waals surface area contributed by atoms with Crippen LogP contribution in [0.4, 0.5) is 0 Å². The molecule has 0 aromatic carbocycles. The molecule has 0 heterocycles. The first-order valence-electron chi connectivity index (χ1n) is 24.6. The molecule has 0 aliphatic rings. The predicted molar refractivity (Wildman–Crippen MR) is 240 cm³/mol. The third-order valence-electron chi connectivity index (χ3n) is 10.1. The number of unbranched alkanes of at least 4 members (excludes halogenated alkanes) is 22. The Balaban J connectivity index is 3.17. The molecular formula is C48H94O12. The van der Waals surface area contributed by atoms with Crippen LogP contribution < -0.4 is 0 Å². The first kappa shape index (κ1) is 58.6. The van der Waals surface area contributed by atoms with Crippen molar-refractivity contribution < 1.29 is 57.0 Å². The van der Waals surface area contributed by atoms with Crippen LogP contribution in [0.2, 0.25) is 0 Å². The van der Waals surface area contributed by atoms with Gasteiger partial charge in [0.25, 0.3) is 0 Å². The molecule has 0 saturated carbocycles. The highest BCUT2D eigenvalue weighted by molar-refractivity contribution is 5.69. The minimum absolute atomic E-state index is 0.131. The van der Waals surface area contributed by atoms with Gasteiger partial charge >= 0.3 is 11.9 Å². The Morgan fingerprint density at radius 3 is 0.600 bits per heavy atom. The Morgan fingerprint density at radius 1 is 0.233 bits per heavy atom. The summed E-state index contributed by atoms with van der Waals surface area (Å²) < 4.78 is 54.5. The number of ether oxygens (including phenoxy) is 10. The highest BCUT2D eigenvalue weighted by atomic mass is 16.6. The molecule has 0 atom stereocenters. The molecular weight excluding hydrogens is 769 g/mol. The van der Waals surface area contributed by atoms with E-state index in [-0.39, 0.29) is 25.2 Å². The Bertz CT molecular complexity index is 833. The van der Waals surface area contributed by atoms with Gasteiger partial charge in [0.1, 0.15) is 13.2 Å². The number of rotatable bonds is 53. The quantitative estimate of drug-likeness (QED) is 0.0427. The fourth-order valence-corrected chi connectivity index (χ4v) is 6.44. The molecule has 0 aliphatic heterocycles. The van der Waals surface area contributed by atoms with Gasteiger partial charge in [0, 0.05) is 12.8 Å². The summed E-state index contributed by atoms with van der Waals surface area (Å²) in [7, 11) is 0. The van der Waals surface area contributed by atoms with E-state index in [0.717, 1.165) is 25.7 Å². The van der Waals surface area contributed by atoms with Gasteiger partial charge in [-0.3, -0.25) is 9.59 Å². The minimum atomic E-state index is -0.137. The maximum absolute atomic E-state index is 11.9. The lowest BCUT2D eigenvalue weighted by atomic mass is 10.0. The number of carbonyl (C=O) groups is 2. The van der Waals surface area contributed by atoms with Gasteiger partial charge in [-0.15, -0.1) is 0 Å². The van der Waals surface area contributed by atoms with Crippen LogP contribution in [-0.4, -0.2) is 131 Å². The average molecular weight is 863 g/mol. The lowest BCUT2D eigenvalue weighted by molar-refractivity contribution is -0.146. The Morgan fingerprint density at radius 2 is 0.400 bits per heavy atom. The van der Waals surface area contributed by atoms with E-state index in [1.165, 1.54) is 128 Å². The third-order valence-corrected chi connectivity index (χ3v) is 10.1. The molecule has 0 spiro atoms. The summed E-state index contributed by atoms with van der Waals surface area (Å²) in [5.41, 5.74) is 0. The number of hydrogen-bond donors (Lipinski definition) is 0. The summed E-state index contributed by atoms with van der Waals surface area (Å²) in [6.07, 6.45) is 31.8. The van der Waals surface area contributed by atoms with Crippen LogP contribution in [-0.2, 0) is 57.0 Å². The molecule has 0 aromatic rings. The van der Waals surface area contributed by atoms with Crippen molar-refractivity contribution in [2.45, 2.75) is 181 Å². The summed E-state index contributed by atoms with van der Waals surface area (Å²) in [6.45, 7) is 12.6. The normalized spacial score (nSPS) is 11.4. The standard InChI is InChI=1S/C48H94O12/c1-3-5-7-9-11-13-14-15-16-17-18-20-22-24-26-28-48(50)60-46-44-58-42-40-56-38-36-54-34-32-52-30-29-51-31-33-53-35-37-55-39-41-57-43-45-59-47(49)27-25-23-21-19-12-10-8-6-4-2/h3-46H2,1-2H3. The highest BCUT2D eigenvalue weighted by Crippen LogP contribution is 2.14. The highest BCUT2D eigenvalue weighted by Gasteiger charge is 2.04. The van der Waals surface area contributed by atoms with Gasteiger partial charge < -0.3 is 47.4 Å². The van der Waals surface area contributed by atoms with Crippen LogP contribution in [0.25, 0.3) is 0 Å². The van der Waals surface area contributed by atoms with E-state index in [0.29, 0.717) is 119 Å². The summed E-state index contributed by atoms with van der Waals surface area (Å²) >= 11 is 0. The van der Waals surface area contributed by atoms with E-state index < -0.39 is 0 Å². The zero-order valence-corrected chi connectivity index (χ0v) is 39.0. The molecule has 0 N–H and O–H groups in total. The van der Waals surface area contributed by atoms with Gasteiger partial charge in [-0.25, -0.2) is 0 Å². The zero-order valence-electron chi connectivity index (χ0n) is 39.0.